The lowest BCUT2D eigenvalue weighted by Crippen LogP contribution is -2.41. The van der Waals surface area contributed by atoms with E-state index in [4.69, 9.17) is 10.5 Å². The molecule has 0 bridgehead atoms. The largest absolute Gasteiger partial charge is 0.416 e. The summed E-state index contributed by atoms with van der Waals surface area (Å²) in [6.45, 7) is 0.376. The van der Waals surface area contributed by atoms with Gasteiger partial charge in [-0.05, 0) is 36.6 Å². The van der Waals surface area contributed by atoms with E-state index in [1.165, 1.54) is 12.1 Å². The Hall–Kier alpha value is -2.05. The van der Waals surface area contributed by atoms with Crippen LogP contribution in [0.25, 0.3) is 0 Å². The Morgan fingerprint density at radius 2 is 1.85 bits per heavy atom. The third-order valence-corrected chi connectivity index (χ3v) is 5.40. The molecule has 1 saturated heterocycles. The summed E-state index contributed by atoms with van der Waals surface area (Å²) in [5.41, 5.74) is 7.52. The fourth-order valence-electron chi connectivity index (χ4n) is 4.10. The van der Waals surface area contributed by atoms with E-state index in [-0.39, 0.29) is 24.2 Å². The average molecular weight is 362 g/mol. The first-order valence-electron chi connectivity index (χ1n) is 8.85. The number of halogens is 3. The van der Waals surface area contributed by atoms with Gasteiger partial charge in [0.05, 0.1) is 23.8 Å². The van der Waals surface area contributed by atoms with Crippen molar-refractivity contribution < 1.29 is 17.9 Å². The second kappa shape index (κ2) is 6.59. The highest BCUT2D eigenvalue weighted by Gasteiger charge is 2.43. The standard InChI is InChI=1S/C20H21F3N2O/c21-20(22,23)13-6-9-17-16(10-13)19-15(8-7-14(11-24)26-19)18(25-17)12-4-2-1-3-5-12/h1-6,9-10,14-15,18-19,25H,7-8,11,24H2/t14-,15?,18?,19?/m0/s1. The molecule has 26 heavy (non-hydrogen) atoms. The van der Waals surface area contributed by atoms with E-state index in [1.54, 1.807) is 0 Å². The summed E-state index contributed by atoms with van der Waals surface area (Å²) < 4.78 is 45.7. The van der Waals surface area contributed by atoms with Crippen LogP contribution in [0.15, 0.2) is 48.5 Å². The molecule has 0 radical (unpaired) electrons. The van der Waals surface area contributed by atoms with Gasteiger partial charge in [0.1, 0.15) is 0 Å². The zero-order valence-corrected chi connectivity index (χ0v) is 14.2. The van der Waals surface area contributed by atoms with Crippen molar-refractivity contribution in [1.82, 2.24) is 0 Å². The lowest BCUT2D eigenvalue weighted by Gasteiger charge is -2.45. The molecule has 1 fully saturated rings. The molecule has 6 heteroatoms. The number of ether oxygens (including phenoxy) is 1. The molecule has 2 aliphatic heterocycles. The topological polar surface area (TPSA) is 47.3 Å². The summed E-state index contributed by atoms with van der Waals surface area (Å²) in [5, 5.41) is 3.45. The normalized spacial score (nSPS) is 28.0. The van der Waals surface area contributed by atoms with Gasteiger partial charge >= 0.3 is 6.18 Å². The molecule has 2 aliphatic rings. The minimum Gasteiger partial charge on any atom is -0.378 e. The van der Waals surface area contributed by atoms with Gasteiger partial charge in [-0.15, -0.1) is 0 Å². The first kappa shape index (κ1) is 17.4. The molecule has 3 unspecified atom stereocenters. The van der Waals surface area contributed by atoms with Gasteiger partial charge in [-0.3, -0.25) is 0 Å². The van der Waals surface area contributed by atoms with Crippen LogP contribution in [0.3, 0.4) is 0 Å². The number of alkyl halides is 3. The SMILES string of the molecule is NC[C@@H]1CCC2C(c3ccccc3)Nc3ccc(C(F)(F)F)cc3C2O1. The molecular weight excluding hydrogens is 341 g/mol. The molecule has 0 aromatic heterocycles. The van der Waals surface area contributed by atoms with Crippen molar-refractivity contribution in [2.75, 3.05) is 11.9 Å². The Morgan fingerprint density at radius 3 is 2.54 bits per heavy atom. The molecule has 138 valence electrons. The monoisotopic (exact) mass is 362 g/mol. The van der Waals surface area contributed by atoms with Crippen LogP contribution in [-0.4, -0.2) is 12.6 Å². The van der Waals surface area contributed by atoms with Crippen LogP contribution < -0.4 is 11.1 Å². The van der Waals surface area contributed by atoms with E-state index < -0.39 is 11.7 Å². The number of benzene rings is 2. The van der Waals surface area contributed by atoms with Crippen molar-refractivity contribution in [3.63, 3.8) is 0 Å². The van der Waals surface area contributed by atoms with Gasteiger partial charge in [0.15, 0.2) is 0 Å². The maximum atomic E-state index is 13.2. The van der Waals surface area contributed by atoms with Crippen LogP contribution in [0, 0.1) is 5.92 Å². The third kappa shape index (κ3) is 3.08. The molecule has 2 aromatic rings. The second-order valence-electron chi connectivity index (χ2n) is 6.99. The van der Waals surface area contributed by atoms with E-state index in [0.717, 1.165) is 24.5 Å². The molecule has 0 aliphatic carbocycles. The number of hydrogen-bond acceptors (Lipinski definition) is 3. The first-order chi connectivity index (χ1) is 12.5. The van der Waals surface area contributed by atoms with Gasteiger partial charge in [0, 0.05) is 23.7 Å². The predicted octanol–water partition coefficient (Wildman–Crippen LogP) is 4.67. The number of nitrogens with one attached hydrogen (secondary N) is 1. The van der Waals surface area contributed by atoms with E-state index in [0.29, 0.717) is 17.8 Å². The summed E-state index contributed by atoms with van der Waals surface area (Å²) in [6.07, 6.45) is -3.21. The molecule has 2 aromatic carbocycles. The van der Waals surface area contributed by atoms with Crippen LogP contribution in [0.4, 0.5) is 18.9 Å². The lowest BCUT2D eigenvalue weighted by molar-refractivity contribution is -0.138. The van der Waals surface area contributed by atoms with Crippen LogP contribution in [0.5, 0.6) is 0 Å². The fraction of sp³-hybridized carbons (Fsp3) is 0.400. The molecule has 2 heterocycles. The van der Waals surface area contributed by atoms with Gasteiger partial charge in [-0.2, -0.15) is 13.2 Å². The maximum absolute atomic E-state index is 13.2. The molecule has 0 saturated carbocycles. The van der Waals surface area contributed by atoms with Crippen molar-refractivity contribution >= 4 is 5.69 Å². The molecule has 4 rings (SSSR count). The highest BCUT2D eigenvalue weighted by atomic mass is 19.4. The Bertz CT molecular complexity index is 778. The first-order valence-corrected chi connectivity index (χ1v) is 8.85. The van der Waals surface area contributed by atoms with Crippen molar-refractivity contribution in [2.45, 2.75) is 37.3 Å². The predicted molar refractivity (Wildman–Crippen MR) is 93.6 cm³/mol. The Morgan fingerprint density at radius 1 is 1.08 bits per heavy atom. The summed E-state index contributed by atoms with van der Waals surface area (Å²) in [7, 11) is 0. The van der Waals surface area contributed by atoms with Crippen LogP contribution in [0.2, 0.25) is 0 Å². The average Bonchev–Trinajstić information content (AvgIpc) is 2.66. The highest BCUT2D eigenvalue weighted by molar-refractivity contribution is 5.58. The minimum absolute atomic E-state index is 0.00385. The number of hydrogen-bond donors (Lipinski definition) is 2. The molecule has 0 amide bonds. The van der Waals surface area contributed by atoms with Gasteiger partial charge in [0.25, 0.3) is 0 Å². The molecule has 3 N–H and O–H groups in total. The summed E-state index contributed by atoms with van der Waals surface area (Å²) >= 11 is 0. The zero-order chi connectivity index (χ0) is 18.3. The fourth-order valence-corrected chi connectivity index (χ4v) is 4.10. The quantitative estimate of drug-likeness (QED) is 0.816. The van der Waals surface area contributed by atoms with Crippen molar-refractivity contribution in [2.24, 2.45) is 11.7 Å². The van der Waals surface area contributed by atoms with Crippen LogP contribution in [-0.2, 0) is 10.9 Å². The smallest absolute Gasteiger partial charge is 0.378 e. The maximum Gasteiger partial charge on any atom is 0.416 e. The molecule has 0 spiro atoms. The van der Waals surface area contributed by atoms with Gasteiger partial charge in [-0.1, -0.05) is 30.3 Å². The highest BCUT2D eigenvalue weighted by Crippen LogP contribution is 2.51. The number of anilines is 1. The number of rotatable bonds is 2. The Balaban J connectivity index is 1.77. The van der Waals surface area contributed by atoms with E-state index >= 15 is 0 Å². The van der Waals surface area contributed by atoms with Gasteiger partial charge in [0.2, 0.25) is 0 Å². The summed E-state index contributed by atoms with van der Waals surface area (Å²) in [5.74, 6) is 0.0659. The van der Waals surface area contributed by atoms with Crippen LogP contribution >= 0.6 is 0 Å². The van der Waals surface area contributed by atoms with Gasteiger partial charge in [-0.25, -0.2) is 0 Å². The number of nitrogens with two attached hydrogens (primary N) is 1. The number of fused-ring (bicyclic) bond motifs is 3. The summed E-state index contributed by atoms with van der Waals surface area (Å²) in [4.78, 5) is 0. The third-order valence-electron chi connectivity index (χ3n) is 5.40. The lowest BCUT2D eigenvalue weighted by atomic mass is 9.76. The zero-order valence-electron chi connectivity index (χ0n) is 14.2. The van der Waals surface area contributed by atoms with E-state index in [9.17, 15) is 13.2 Å². The van der Waals surface area contributed by atoms with Crippen LogP contribution in [0.1, 0.15) is 41.7 Å². The second-order valence-corrected chi connectivity index (χ2v) is 6.99. The summed E-state index contributed by atoms with van der Waals surface area (Å²) in [6, 6.07) is 13.8. The van der Waals surface area contributed by atoms with Crippen molar-refractivity contribution in [3.8, 4) is 0 Å². The van der Waals surface area contributed by atoms with E-state index in [1.807, 2.05) is 30.3 Å². The van der Waals surface area contributed by atoms with Crippen molar-refractivity contribution in [1.29, 1.82) is 0 Å². The Labute approximate surface area is 150 Å². The van der Waals surface area contributed by atoms with Crippen molar-refractivity contribution in [3.05, 3.63) is 65.2 Å². The van der Waals surface area contributed by atoms with Gasteiger partial charge < -0.3 is 15.8 Å². The Kier molecular flexibility index (Phi) is 4.40. The van der Waals surface area contributed by atoms with E-state index in [2.05, 4.69) is 5.32 Å². The molecule has 4 atom stereocenters. The minimum atomic E-state index is -4.37. The molecular formula is C20H21F3N2O. The molecule has 3 nitrogen and oxygen atoms in total.